The number of nitrogens with two attached hydrogens (primary N) is 1. The molecule has 2 heterocycles. The Labute approximate surface area is 588 Å². The van der Waals surface area contributed by atoms with E-state index in [-0.39, 0.29) is 109 Å². The number of nitrogens with one attached hydrogen (secondary N) is 5. The summed E-state index contributed by atoms with van der Waals surface area (Å²) in [6.45, 7) is 2.00. The highest BCUT2D eigenvalue weighted by atomic mass is 33.1. The van der Waals surface area contributed by atoms with E-state index < -0.39 is 169 Å². The highest BCUT2D eigenvalue weighted by molar-refractivity contribution is 8.76. The van der Waals surface area contributed by atoms with Crippen molar-refractivity contribution in [1.29, 1.82) is 0 Å². The number of aromatic hydroxyl groups is 1. The van der Waals surface area contributed by atoms with E-state index in [1.54, 1.807) is 62.1 Å². The molecule has 2 saturated heterocycles. The molecule has 0 bridgehead atoms. The number of aliphatic hydroxyl groups is 2. The summed E-state index contributed by atoms with van der Waals surface area (Å²) >= 11 is 0. The lowest BCUT2D eigenvalue weighted by Crippen LogP contribution is -2.57. The first-order valence-electron chi connectivity index (χ1n) is 33.4. The maximum absolute atomic E-state index is 15.4. The van der Waals surface area contributed by atoms with Crippen LogP contribution in [0.5, 0.6) is 5.75 Å². The van der Waals surface area contributed by atoms with Gasteiger partial charge in [0.25, 0.3) is 0 Å². The second kappa shape index (κ2) is 40.9. The van der Waals surface area contributed by atoms with Crippen molar-refractivity contribution < 1.29 is 93.3 Å². The summed E-state index contributed by atoms with van der Waals surface area (Å²) < 4.78 is 0. The number of carbonyl (C=O) groups excluding carboxylic acids is 8. The van der Waals surface area contributed by atoms with Crippen molar-refractivity contribution in [3.63, 3.8) is 0 Å². The van der Waals surface area contributed by atoms with Crippen molar-refractivity contribution in [2.24, 2.45) is 23.5 Å². The minimum absolute atomic E-state index is 0.00393. The first-order valence-corrected chi connectivity index (χ1v) is 35.9. The molecule has 0 spiro atoms. The third kappa shape index (κ3) is 27.1. The van der Waals surface area contributed by atoms with Gasteiger partial charge in [-0.05, 0) is 98.9 Å². The Morgan fingerprint density at radius 1 is 0.620 bits per heavy atom. The zero-order valence-corrected chi connectivity index (χ0v) is 57.9. The SMILES string of the molecule is C[C@@H](O)[C@@H]1CC(=O)[C@H](CCCCN)NC(=O)[C@@H](CC2=CCc3ccccc32)NC(=O)[C@H](Cc2ccc(O)cc2)CC(=O)[C@@H](NC(=O)[C@H](CC(=O)CN2CCN(CC(=O)O)CCN(CC(=O)O)CCN(CC(=O)O)CC2)Cc2ccccc2)CSSCC(C(=O)N[C@H](C(=O)O)[C@@H](C)O)NC1=O. The third-order valence-electron chi connectivity index (χ3n) is 17.7. The summed E-state index contributed by atoms with van der Waals surface area (Å²) in [6, 6.07) is 14.2. The predicted molar refractivity (Wildman–Crippen MR) is 371 cm³/mol. The molecule has 1 aliphatic carbocycles. The Bertz CT molecular complexity index is 3310. The first kappa shape index (κ1) is 80.8. The molecular weight excluding hydrogens is 1340 g/mol. The molecule has 10 atom stereocenters. The Hall–Kier alpha value is -8.14. The van der Waals surface area contributed by atoms with Gasteiger partial charge in [0, 0.05) is 101 Å². The molecule has 3 aliphatic rings. The van der Waals surface area contributed by atoms with Crippen LogP contribution in [-0.4, -0.2) is 265 Å². The molecule has 6 rings (SSSR count). The minimum atomic E-state index is -1.88. The monoisotopic (exact) mass is 1430 g/mol. The van der Waals surface area contributed by atoms with Crippen LogP contribution in [0.1, 0.15) is 81.0 Å². The molecule has 100 heavy (non-hydrogen) atoms. The number of hydrogen-bond donors (Lipinski definition) is 13. The average molecular weight is 1430 g/mol. The lowest BCUT2D eigenvalue weighted by molar-refractivity contribution is -0.145. The number of unbranched alkanes of at least 4 members (excludes halogenated alkanes) is 1. The maximum Gasteiger partial charge on any atom is 0.328 e. The molecule has 29 nitrogen and oxygen atoms in total. The molecule has 2 aliphatic heterocycles. The van der Waals surface area contributed by atoms with E-state index in [1.807, 2.05) is 30.3 Å². The lowest BCUT2D eigenvalue weighted by Gasteiger charge is -2.33. The second-order valence-electron chi connectivity index (χ2n) is 25.6. The summed E-state index contributed by atoms with van der Waals surface area (Å²) in [7, 11) is 1.81. The number of carbonyl (C=O) groups is 12. The van der Waals surface area contributed by atoms with Gasteiger partial charge in [-0.2, -0.15) is 0 Å². The van der Waals surface area contributed by atoms with Gasteiger partial charge in [0.2, 0.25) is 29.5 Å². The number of hydrogen-bond acceptors (Lipinski definition) is 22. The van der Waals surface area contributed by atoms with Gasteiger partial charge in [-0.3, -0.25) is 72.3 Å². The van der Waals surface area contributed by atoms with Crippen molar-refractivity contribution in [3.05, 3.63) is 107 Å². The van der Waals surface area contributed by atoms with Gasteiger partial charge in [-0.25, -0.2) is 4.79 Å². The third-order valence-corrected chi connectivity index (χ3v) is 20.2. The number of rotatable bonds is 27. The predicted octanol–water partition coefficient (Wildman–Crippen LogP) is 0.203. The summed E-state index contributed by atoms with van der Waals surface area (Å²) in [5.74, 6) is -16.3. The Morgan fingerprint density at radius 3 is 1.74 bits per heavy atom. The first-order chi connectivity index (χ1) is 47.7. The number of amides is 5. The number of phenolic OH excluding ortho intramolecular Hbond substituents is 1. The van der Waals surface area contributed by atoms with Gasteiger partial charge in [0.05, 0.1) is 56.4 Å². The fourth-order valence-electron chi connectivity index (χ4n) is 12.1. The van der Waals surface area contributed by atoms with Crippen LogP contribution in [0.15, 0.2) is 84.9 Å². The highest BCUT2D eigenvalue weighted by Crippen LogP contribution is 2.32. The van der Waals surface area contributed by atoms with Gasteiger partial charge in [0.1, 0.15) is 23.6 Å². The topological polar surface area (TPSA) is 446 Å². The normalized spacial score (nSPS) is 22.5. The Morgan fingerprint density at radius 2 is 1.18 bits per heavy atom. The van der Waals surface area contributed by atoms with Crippen molar-refractivity contribution in [3.8, 4) is 5.75 Å². The van der Waals surface area contributed by atoms with Crippen molar-refractivity contribution in [1.82, 2.24) is 46.2 Å². The quantitative estimate of drug-likeness (QED) is 0.0358. The number of allylic oxidation sites excluding steroid dienone is 1. The summed E-state index contributed by atoms with van der Waals surface area (Å²) in [6.07, 6.45) is -2.08. The number of aliphatic carboxylic acids is 4. The molecule has 2 fully saturated rings. The number of ketones is 3. The van der Waals surface area contributed by atoms with Gasteiger partial charge in [-0.1, -0.05) is 94.4 Å². The molecule has 14 N–H and O–H groups in total. The number of fused-ring (bicyclic) bond motifs is 1. The summed E-state index contributed by atoms with van der Waals surface area (Å²) in [4.78, 5) is 173. The smallest absolute Gasteiger partial charge is 0.328 e. The van der Waals surface area contributed by atoms with E-state index in [1.165, 1.54) is 19.1 Å². The molecule has 1 unspecified atom stereocenters. The molecule has 0 aromatic heterocycles. The van der Waals surface area contributed by atoms with Crippen LogP contribution in [-0.2, 0) is 76.8 Å². The average Bonchev–Trinajstić information content (AvgIpc) is 1.58. The van der Waals surface area contributed by atoms with Crippen LogP contribution < -0.4 is 32.3 Å². The number of Topliss-reactive ketones (excluding diaryl/α,β-unsaturated/α-hetero) is 3. The number of aliphatic hydroxyl groups excluding tert-OH is 2. The molecule has 546 valence electrons. The Kier molecular flexibility index (Phi) is 33.1. The number of benzene rings is 3. The van der Waals surface area contributed by atoms with Crippen molar-refractivity contribution in [2.45, 2.75) is 120 Å². The number of carboxylic acid groups (broad SMARTS) is 4. The van der Waals surface area contributed by atoms with E-state index >= 15 is 19.2 Å². The van der Waals surface area contributed by atoms with Crippen LogP contribution in [0.25, 0.3) is 5.57 Å². The summed E-state index contributed by atoms with van der Waals surface area (Å²) in [5.41, 5.74) is 9.41. The van der Waals surface area contributed by atoms with Crippen LogP contribution in [0.4, 0.5) is 0 Å². The number of carboxylic acids is 4. The van der Waals surface area contributed by atoms with Crippen LogP contribution in [0.2, 0.25) is 0 Å². The molecular formula is C69H94N10O19S2. The van der Waals surface area contributed by atoms with Crippen molar-refractivity contribution in [2.75, 3.05) is 96.6 Å². The Balaban J connectivity index is 1.40. The lowest BCUT2D eigenvalue weighted by atomic mass is 9.89. The largest absolute Gasteiger partial charge is 0.508 e. The zero-order chi connectivity index (χ0) is 73.0. The molecule has 31 heteroatoms. The standard InChI is InChI=1S/C69H94N10O19S2/c1-42(80)53-35-59(85)54(14-8-9-21-70)71-67(95)55(33-47-18-17-46-12-6-7-13-52(46)47)72-65(93)49(31-45-15-19-50(82)20-16-45)34-58(84)56(40-99-100-41-57(74-66(53)94)68(96)75-63(43(2)81)69(97)98)73-64(92)48(30-44-10-4-3-5-11-44)32-51(83)36-76-22-24-77(37-60(86)87)26-28-79(39-62(90)91)29-27-78(25-23-76)38-61(88)89/h3-7,10-13,15-16,18-20,42-43,48-49,53-57,63,80-82H,8-9,14,17,21-41,70H2,1-2H3,(H,71,95)(H,72,93)(H,73,92)(H,74,94)(H,75,96)(H,86,87)(H,88,89)(H,90,91)(H,97,98)/t42-,43-,48+,49-,53+,54+,55-,56+,57?,63+/m1/s1. The van der Waals surface area contributed by atoms with Crippen LogP contribution in [0, 0.1) is 17.8 Å². The van der Waals surface area contributed by atoms with E-state index in [0.29, 0.717) is 36.0 Å². The second-order valence-corrected chi connectivity index (χ2v) is 28.2. The van der Waals surface area contributed by atoms with E-state index in [4.69, 9.17) is 5.73 Å². The molecule has 3 aromatic rings. The van der Waals surface area contributed by atoms with Crippen molar-refractivity contribution >= 4 is 97.9 Å². The summed E-state index contributed by atoms with van der Waals surface area (Å²) in [5, 5.41) is 84.5. The van der Waals surface area contributed by atoms with Crippen LogP contribution in [0.3, 0.4) is 0 Å². The van der Waals surface area contributed by atoms with E-state index in [2.05, 4.69) is 26.6 Å². The van der Waals surface area contributed by atoms with E-state index in [9.17, 15) is 74.1 Å². The fourth-order valence-corrected chi connectivity index (χ4v) is 14.5. The number of phenols is 1. The highest BCUT2D eigenvalue weighted by Gasteiger charge is 2.39. The maximum atomic E-state index is 15.4. The molecule has 5 amide bonds. The van der Waals surface area contributed by atoms with Crippen LogP contribution >= 0.6 is 21.6 Å². The molecule has 0 saturated carbocycles. The zero-order valence-electron chi connectivity index (χ0n) is 56.2. The minimum Gasteiger partial charge on any atom is -0.508 e. The fraction of sp³-hybridized carbons (Fsp3) is 0.536. The van der Waals surface area contributed by atoms with Gasteiger partial charge < -0.3 is 68.1 Å². The van der Waals surface area contributed by atoms with Gasteiger partial charge in [-0.15, -0.1) is 0 Å². The molecule has 0 radical (unpaired) electrons. The molecule has 3 aromatic carbocycles. The van der Waals surface area contributed by atoms with Gasteiger partial charge in [0.15, 0.2) is 17.6 Å². The van der Waals surface area contributed by atoms with Gasteiger partial charge >= 0.3 is 23.9 Å². The van der Waals surface area contributed by atoms with E-state index in [0.717, 1.165) is 39.6 Å². The number of nitrogens with zero attached hydrogens (tertiary/aromatic N) is 4.